The van der Waals surface area contributed by atoms with Crippen LogP contribution in [0.1, 0.15) is 32.4 Å². The van der Waals surface area contributed by atoms with Crippen molar-refractivity contribution in [3.8, 4) is 10.6 Å². The second-order valence-corrected chi connectivity index (χ2v) is 7.55. The summed E-state index contributed by atoms with van der Waals surface area (Å²) in [6.45, 7) is 4.33. The Kier molecular flexibility index (Phi) is 4.54. The van der Waals surface area contributed by atoms with Crippen molar-refractivity contribution >= 4 is 23.3 Å². The van der Waals surface area contributed by atoms with Gasteiger partial charge in [0.2, 0.25) is 5.91 Å². The quantitative estimate of drug-likeness (QED) is 0.742. The second kappa shape index (κ2) is 6.48. The molecule has 3 rings (SSSR count). The van der Waals surface area contributed by atoms with Crippen molar-refractivity contribution < 1.29 is 9.18 Å². The SMILES string of the molecule is CC(N(C)C(=O)/C=C/c1csc(-c2ccc(F)cc2)n1)C1(C)CC1. The Hall–Kier alpha value is -2.01. The van der Waals surface area contributed by atoms with Gasteiger partial charge < -0.3 is 4.90 Å². The molecule has 0 N–H and O–H groups in total. The molecule has 126 valence electrons. The molecule has 1 unspecified atom stereocenters. The second-order valence-electron chi connectivity index (χ2n) is 6.70. The lowest BCUT2D eigenvalue weighted by Crippen LogP contribution is -2.39. The number of thiazole rings is 1. The third kappa shape index (κ3) is 3.56. The van der Waals surface area contributed by atoms with E-state index in [1.165, 1.54) is 36.3 Å². The van der Waals surface area contributed by atoms with Crippen LogP contribution in [0.2, 0.25) is 0 Å². The van der Waals surface area contributed by atoms with Gasteiger partial charge in [0.15, 0.2) is 0 Å². The summed E-state index contributed by atoms with van der Waals surface area (Å²) in [5.41, 5.74) is 1.89. The summed E-state index contributed by atoms with van der Waals surface area (Å²) in [6, 6.07) is 6.49. The van der Waals surface area contributed by atoms with Crippen LogP contribution in [0.5, 0.6) is 0 Å². The zero-order valence-corrected chi connectivity index (χ0v) is 14.9. The lowest BCUT2D eigenvalue weighted by Gasteiger charge is -2.29. The van der Waals surface area contributed by atoms with Gasteiger partial charge in [-0.25, -0.2) is 9.37 Å². The number of amides is 1. The molecule has 1 aliphatic carbocycles. The molecule has 5 heteroatoms. The van der Waals surface area contributed by atoms with Crippen molar-refractivity contribution in [2.75, 3.05) is 7.05 Å². The third-order valence-electron chi connectivity index (χ3n) is 4.99. The topological polar surface area (TPSA) is 33.2 Å². The van der Waals surface area contributed by atoms with Crippen molar-refractivity contribution in [3.05, 3.63) is 47.2 Å². The molecule has 2 aromatic rings. The zero-order valence-electron chi connectivity index (χ0n) is 14.1. The molecule has 0 spiro atoms. The average molecular weight is 344 g/mol. The molecule has 0 aliphatic heterocycles. The highest BCUT2D eigenvalue weighted by Crippen LogP contribution is 2.49. The van der Waals surface area contributed by atoms with Crippen molar-refractivity contribution in [1.82, 2.24) is 9.88 Å². The first-order valence-corrected chi connectivity index (χ1v) is 8.93. The van der Waals surface area contributed by atoms with Crippen molar-refractivity contribution in [2.45, 2.75) is 32.7 Å². The monoisotopic (exact) mass is 344 g/mol. The summed E-state index contributed by atoms with van der Waals surface area (Å²) in [4.78, 5) is 18.6. The van der Waals surface area contributed by atoms with E-state index in [-0.39, 0.29) is 23.2 Å². The number of aromatic nitrogens is 1. The largest absolute Gasteiger partial charge is 0.339 e. The zero-order chi connectivity index (χ0) is 17.3. The molecular formula is C19H21FN2OS. The molecule has 1 amide bonds. The highest BCUT2D eigenvalue weighted by atomic mass is 32.1. The molecule has 1 atom stereocenters. The summed E-state index contributed by atoms with van der Waals surface area (Å²) in [6.07, 6.45) is 5.68. The molecule has 0 radical (unpaired) electrons. The van der Waals surface area contributed by atoms with E-state index in [0.29, 0.717) is 0 Å². The molecule has 24 heavy (non-hydrogen) atoms. The lowest BCUT2D eigenvalue weighted by atomic mass is 9.99. The summed E-state index contributed by atoms with van der Waals surface area (Å²) in [5, 5.41) is 2.71. The Labute approximate surface area is 145 Å². The van der Waals surface area contributed by atoms with Gasteiger partial charge >= 0.3 is 0 Å². The van der Waals surface area contributed by atoms with Crippen LogP contribution in [0, 0.1) is 11.2 Å². The number of halogens is 1. The van der Waals surface area contributed by atoms with Gasteiger partial charge in [-0.3, -0.25) is 4.79 Å². The molecule has 1 aromatic carbocycles. The number of likely N-dealkylation sites (N-methyl/N-ethyl adjacent to an activating group) is 1. The van der Waals surface area contributed by atoms with Gasteiger partial charge in [0.1, 0.15) is 10.8 Å². The first-order chi connectivity index (χ1) is 11.4. The van der Waals surface area contributed by atoms with E-state index in [0.717, 1.165) is 16.3 Å². The van der Waals surface area contributed by atoms with Gasteiger partial charge in [0.05, 0.1) is 5.69 Å². The van der Waals surface area contributed by atoms with Crippen molar-refractivity contribution in [1.29, 1.82) is 0 Å². The maximum absolute atomic E-state index is 13.0. The minimum atomic E-state index is -0.262. The number of carbonyl (C=O) groups is 1. The molecule has 3 nitrogen and oxygen atoms in total. The van der Waals surface area contributed by atoms with Gasteiger partial charge in [-0.2, -0.15) is 0 Å². The van der Waals surface area contributed by atoms with E-state index < -0.39 is 0 Å². The molecule has 1 aliphatic rings. The Bertz CT molecular complexity index is 762. The predicted molar refractivity (Wildman–Crippen MR) is 96.1 cm³/mol. The maximum atomic E-state index is 13.0. The van der Waals surface area contributed by atoms with Crippen LogP contribution >= 0.6 is 11.3 Å². The summed E-state index contributed by atoms with van der Waals surface area (Å²) < 4.78 is 13.0. The van der Waals surface area contributed by atoms with Gasteiger partial charge in [-0.05, 0) is 55.5 Å². The molecule has 1 saturated carbocycles. The number of rotatable bonds is 5. The Morgan fingerprint density at radius 3 is 2.67 bits per heavy atom. The number of hydrogen-bond acceptors (Lipinski definition) is 3. The van der Waals surface area contributed by atoms with Crippen LogP contribution < -0.4 is 0 Å². The standard InChI is InChI=1S/C19H21FN2OS/c1-13(19(2)10-11-19)22(3)17(23)9-8-16-12-24-18(21-16)14-4-6-15(20)7-5-14/h4-9,12-13H,10-11H2,1-3H3/b9-8+. The minimum absolute atomic E-state index is 0.00745. The smallest absolute Gasteiger partial charge is 0.246 e. The highest BCUT2D eigenvalue weighted by molar-refractivity contribution is 7.13. The molecular weight excluding hydrogens is 323 g/mol. The lowest BCUT2D eigenvalue weighted by molar-refractivity contribution is -0.127. The number of benzene rings is 1. The first kappa shape index (κ1) is 16.8. The fourth-order valence-electron chi connectivity index (χ4n) is 2.64. The third-order valence-corrected chi connectivity index (χ3v) is 5.90. The summed E-state index contributed by atoms with van der Waals surface area (Å²) in [7, 11) is 1.85. The van der Waals surface area contributed by atoms with E-state index in [2.05, 4.69) is 18.8 Å². The molecule has 1 aromatic heterocycles. The Morgan fingerprint density at radius 2 is 2.04 bits per heavy atom. The molecule has 1 heterocycles. The number of carbonyl (C=O) groups excluding carboxylic acids is 1. The number of nitrogens with zero attached hydrogens (tertiary/aromatic N) is 2. The first-order valence-electron chi connectivity index (χ1n) is 8.05. The van der Waals surface area contributed by atoms with E-state index in [9.17, 15) is 9.18 Å². The molecule has 0 saturated heterocycles. The van der Waals surface area contributed by atoms with Crippen molar-refractivity contribution in [2.24, 2.45) is 5.41 Å². The van der Waals surface area contributed by atoms with Gasteiger partial charge in [0, 0.05) is 30.1 Å². The average Bonchev–Trinajstić information content (AvgIpc) is 3.16. The Morgan fingerprint density at radius 1 is 1.38 bits per heavy atom. The minimum Gasteiger partial charge on any atom is -0.339 e. The van der Waals surface area contributed by atoms with Crippen LogP contribution in [0.25, 0.3) is 16.6 Å². The maximum Gasteiger partial charge on any atom is 0.246 e. The van der Waals surface area contributed by atoms with Crippen LogP contribution in [0.4, 0.5) is 4.39 Å². The van der Waals surface area contributed by atoms with Gasteiger partial charge in [-0.15, -0.1) is 11.3 Å². The van der Waals surface area contributed by atoms with Crippen LogP contribution in [0.15, 0.2) is 35.7 Å². The fraction of sp³-hybridized carbons (Fsp3) is 0.368. The normalized spacial score (nSPS) is 17.0. The van der Waals surface area contributed by atoms with Crippen LogP contribution in [0.3, 0.4) is 0 Å². The van der Waals surface area contributed by atoms with Gasteiger partial charge in [-0.1, -0.05) is 6.92 Å². The molecule has 0 bridgehead atoms. The van der Waals surface area contributed by atoms with Crippen LogP contribution in [-0.2, 0) is 4.79 Å². The van der Waals surface area contributed by atoms with Gasteiger partial charge in [0.25, 0.3) is 0 Å². The van der Waals surface area contributed by atoms with E-state index in [1.54, 1.807) is 29.2 Å². The van der Waals surface area contributed by atoms with Crippen LogP contribution in [-0.4, -0.2) is 28.9 Å². The van der Waals surface area contributed by atoms with E-state index in [1.807, 2.05) is 12.4 Å². The van der Waals surface area contributed by atoms with Crippen molar-refractivity contribution in [3.63, 3.8) is 0 Å². The summed E-state index contributed by atoms with van der Waals surface area (Å²) in [5.74, 6) is -0.269. The Balaban J connectivity index is 1.66. The van der Waals surface area contributed by atoms with E-state index in [4.69, 9.17) is 0 Å². The molecule has 1 fully saturated rings. The number of hydrogen-bond donors (Lipinski definition) is 0. The fourth-order valence-corrected chi connectivity index (χ4v) is 3.43. The summed E-state index contributed by atoms with van der Waals surface area (Å²) >= 11 is 1.48. The van der Waals surface area contributed by atoms with E-state index >= 15 is 0 Å². The highest BCUT2D eigenvalue weighted by Gasteiger charge is 2.44. The predicted octanol–water partition coefficient (Wildman–Crippen LogP) is 4.61.